The van der Waals surface area contributed by atoms with E-state index < -0.39 is 34.2 Å². The lowest BCUT2D eigenvalue weighted by molar-refractivity contribution is -0.311. The lowest BCUT2D eigenvalue weighted by Crippen LogP contribution is -2.65. The Morgan fingerprint density at radius 3 is 1.65 bits per heavy atom. The summed E-state index contributed by atoms with van der Waals surface area (Å²) in [5, 5.41) is 1.19. The van der Waals surface area contributed by atoms with Crippen LogP contribution in [0.15, 0.2) is 60.7 Å². The van der Waals surface area contributed by atoms with Crippen LogP contribution >= 0.6 is 15.9 Å². The van der Waals surface area contributed by atoms with Crippen molar-refractivity contribution in [2.24, 2.45) is 0 Å². The van der Waals surface area contributed by atoms with Crippen LogP contribution in [0.25, 0.3) is 0 Å². The molecule has 0 bridgehead atoms. The first-order chi connectivity index (χ1) is 12.0. The first-order valence-electron chi connectivity index (χ1n) is 7.20. The van der Waals surface area contributed by atoms with Crippen molar-refractivity contribution in [3.05, 3.63) is 71.8 Å². The van der Waals surface area contributed by atoms with E-state index in [1.165, 1.54) is 35.6 Å². The number of halogens is 7. The molecular formula is C17H12BrF6NO. The average molecular weight is 440 g/mol. The van der Waals surface area contributed by atoms with Gasteiger partial charge in [-0.3, -0.25) is 4.79 Å². The molecule has 2 aromatic rings. The fourth-order valence-electron chi connectivity index (χ4n) is 2.41. The first-order valence-corrected chi connectivity index (χ1v) is 8.12. The van der Waals surface area contributed by atoms with Crippen molar-refractivity contribution in [2.45, 2.75) is 22.7 Å². The Labute approximate surface area is 153 Å². The Hall–Kier alpha value is -2.03. The predicted octanol–water partition coefficient (Wildman–Crippen LogP) is 5.26. The minimum absolute atomic E-state index is 0.219. The van der Waals surface area contributed by atoms with E-state index >= 15 is 0 Å². The first kappa shape index (κ1) is 20.3. The minimum Gasteiger partial charge on any atom is -0.330 e. The Kier molecular flexibility index (Phi) is 5.70. The van der Waals surface area contributed by atoms with Gasteiger partial charge in [-0.1, -0.05) is 76.6 Å². The molecule has 0 radical (unpaired) electrons. The molecule has 0 heterocycles. The van der Waals surface area contributed by atoms with Crippen LogP contribution in [0.5, 0.6) is 0 Å². The van der Waals surface area contributed by atoms with Gasteiger partial charge in [-0.2, -0.15) is 26.3 Å². The second-order valence-corrected chi connectivity index (χ2v) is 6.29. The maximum absolute atomic E-state index is 13.6. The highest BCUT2D eigenvalue weighted by molar-refractivity contribution is 9.09. The third kappa shape index (κ3) is 3.72. The van der Waals surface area contributed by atoms with Crippen LogP contribution in [0.1, 0.15) is 16.0 Å². The molecule has 0 spiro atoms. The molecule has 0 saturated heterocycles. The summed E-state index contributed by atoms with van der Waals surface area (Å²) in [7, 11) is 0. The van der Waals surface area contributed by atoms with E-state index in [0.717, 1.165) is 12.1 Å². The van der Waals surface area contributed by atoms with E-state index in [-0.39, 0.29) is 5.56 Å². The molecule has 140 valence electrons. The monoisotopic (exact) mass is 439 g/mol. The molecule has 2 nitrogen and oxygen atoms in total. The Morgan fingerprint density at radius 2 is 1.23 bits per heavy atom. The summed E-state index contributed by atoms with van der Waals surface area (Å²) in [4.78, 5) is 10.9. The van der Waals surface area contributed by atoms with Crippen molar-refractivity contribution in [3.8, 4) is 0 Å². The molecule has 0 aromatic heterocycles. The Balaban J connectivity index is 2.53. The number of amides is 1. The number of carbonyl (C=O) groups excluding carboxylic acids is 1. The summed E-state index contributed by atoms with van der Waals surface area (Å²) in [6, 6.07) is 12.1. The van der Waals surface area contributed by atoms with Crippen molar-refractivity contribution in [2.75, 3.05) is 0 Å². The highest BCUT2D eigenvalue weighted by Gasteiger charge is 2.72. The van der Waals surface area contributed by atoms with Crippen LogP contribution in [0.3, 0.4) is 0 Å². The molecule has 26 heavy (non-hydrogen) atoms. The van der Waals surface area contributed by atoms with Gasteiger partial charge in [0.2, 0.25) is 5.91 Å². The number of rotatable bonds is 4. The summed E-state index contributed by atoms with van der Waals surface area (Å²) in [5.41, 5.74) is -5.43. The number of hydrogen-bond donors (Lipinski definition) is 1. The van der Waals surface area contributed by atoms with E-state index in [4.69, 9.17) is 0 Å². The predicted molar refractivity (Wildman–Crippen MR) is 86.5 cm³/mol. The van der Waals surface area contributed by atoms with Crippen LogP contribution in [0, 0.1) is 0 Å². The van der Waals surface area contributed by atoms with E-state index in [1.54, 1.807) is 6.07 Å². The van der Waals surface area contributed by atoms with Gasteiger partial charge >= 0.3 is 12.4 Å². The molecule has 0 aliphatic carbocycles. The number of carbonyl (C=O) groups is 1. The molecule has 1 amide bonds. The number of alkyl halides is 7. The lowest BCUT2D eigenvalue weighted by atomic mass is 9.87. The zero-order chi connectivity index (χ0) is 19.6. The van der Waals surface area contributed by atoms with Crippen molar-refractivity contribution in [3.63, 3.8) is 0 Å². The summed E-state index contributed by atoms with van der Waals surface area (Å²) in [6.07, 6.45) is -11.6. The normalized spacial score (nSPS) is 14.0. The standard InChI is InChI=1S/C17H12BrF6NO/c18-13(11-7-3-1-4-8-11)14(26)25-15(16(19,20)21,17(22,23)24)12-9-5-2-6-10-12/h1-10,13H,(H,25,26). The molecule has 1 atom stereocenters. The van der Waals surface area contributed by atoms with Crippen LogP contribution in [0.4, 0.5) is 26.3 Å². The highest BCUT2D eigenvalue weighted by atomic mass is 79.9. The van der Waals surface area contributed by atoms with Gasteiger partial charge in [0.25, 0.3) is 5.54 Å². The van der Waals surface area contributed by atoms with Crippen LogP contribution < -0.4 is 5.32 Å². The SMILES string of the molecule is O=C(NC(c1ccccc1)(C(F)(F)F)C(F)(F)F)C(Br)c1ccccc1. The average Bonchev–Trinajstić information content (AvgIpc) is 2.58. The van der Waals surface area contributed by atoms with E-state index in [1.807, 2.05) is 0 Å². The zero-order valence-corrected chi connectivity index (χ0v) is 14.5. The van der Waals surface area contributed by atoms with Crippen molar-refractivity contribution in [1.29, 1.82) is 0 Å². The smallest absolute Gasteiger partial charge is 0.330 e. The number of nitrogens with one attached hydrogen (secondary N) is 1. The van der Waals surface area contributed by atoms with Crippen LogP contribution in [-0.4, -0.2) is 18.3 Å². The second-order valence-electron chi connectivity index (χ2n) is 5.37. The van der Waals surface area contributed by atoms with Gasteiger partial charge < -0.3 is 5.32 Å². The summed E-state index contributed by atoms with van der Waals surface area (Å²) in [5.74, 6) is -1.46. The van der Waals surface area contributed by atoms with E-state index in [2.05, 4.69) is 15.9 Å². The van der Waals surface area contributed by atoms with Gasteiger partial charge in [-0.25, -0.2) is 0 Å². The van der Waals surface area contributed by atoms with Gasteiger partial charge in [0, 0.05) is 0 Å². The minimum atomic E-state index is -5.81. The van der Waals surface area contributed by atoms with Crippen molar-refractivity contribution < 1.29 is 31.1 Å². The molecule has 1 unspecified atom stereocenters. The molecule has 2 rings (SSSR count). The third-order valence-electron chi connectivity index (χ3n) is 3.69. The van der Waals surface area contributed by atoms with Crippen LogP contribution in [-0.2, 0) is 10.3 Å². The Bertz CT molecular complexity index is 731. The molecule has 1 N–H and O–H groups in total. The fourth-order valence-corrected chi connectivity index (χ4v) is 2.83. The van der Waals surface area contributed by atoms with Crippen LogP contribution in [0.2, 0.25) is 0 Å². The third-order valence-corrected chi connectivity index (χ3v) is 4.63. The number of benzene rings is 2. The second kappa shape index (κ2) is 7.30. The number of hydrogen-bond acceptors (Lipinski definition) is 1. The molecule has 2 aromatic carbocycles. The molecule has 0 saturated carbocycles. The van der Waals surface area contributed by atoms with Gasteiger partial charge in [-0.15, -0.1) is 0 Å². The highest BCUT2D eigenvalue weighted by Crippen LogP contribution is 2.50. The summed E-state index contributed by atoms with van der Waals surface area (Å²) < 4.78 is 81.8. The van der Waals surface area contributed by atoms with Gasteiger partial charge in [-0.05, 0) is 11.1 Å². The maximum atomic E-state index is 13.6. The topological polar surface area (TPSA) is 29.1 Å². The van der Waals surface area contributed by atoms with E-state index in [0.29, 0.717) is 12.1 Å². The van der Waals surface area contributed by atoms with E-state index in [9.17, 15) is 31.1 Å². The van der Waals surface area contributed by atoms with Crippen molar-refractivity contribution >= 4 is 21.8 Å². The summed E-state index contributed by atoms with van der Waals surface area (Å²) >= 11 is 2.86. The van der Waals surface area contributed by atoms with Gasteiger partial charge in [0.1, 0.15) is 4.83 Å². The Morgan fingerprint density at radius 1 is 0.808 bits per heavy atom. The maximum Gasteiger partial charge on any atom is 0.424 e. The lowest BCUT2D eigenvalue weighted by Gasteiger charge is -2.38. The molecule has 0 fully saturated rings. The molecular weight excluding hydrogens is 428 g/mol. The van der Waals surface area contributed by atoms with Gasteiger partial charge in [0.15, 0.2) is 0 Å². The van der Waals surface area contributed by atoms with Crippen molar-refractivity contribution in [1.82, 2.24) is 5.32 Å². The molecule has 9 heteroatoms. The molecule has 0 aliphatic heterocycles. The fraction of sp³-hybridized carbons (Fsp3) is 0.235. The zero-order valence-electron chi connectivity index (χ0n) is 12.9. The summed E-state index contributed by atoms with van der Waals surface area (Å²) in [6.45, 7) is 0. The quantitative estimate of drug-likeness (QED) is 0.510. The van der Waals surface area contributed by atoms with Gasteiger partial charge in [0.05, 0.1) is 0 Å². The molecule has 0 aliphatic rings. The largest absolute Gasteiger partial charge is 0.424 e.